The van der Waals surface area contributed by atoms with Crippen LogP contribution >= 0.6 is 0 Å². The highest BCUT2D eigenvalue weighted by atomic mass is 32.2. The Morgan fingerprint density at radius 2 is 2.17 bits per heavy atom. The van der Waals surface area contributed by atoms with E-state index in [2.05, 4.69) is 0 Å². The van der Waals surface area contributed by atoms with Crippen LogP contribution in [0.5, 0.6) is 0 Å². The lowest BCUT2D eigenvalue weighted by Gasteiger charge is -2.34. The van der Waals surface area contributed by atoms with Gasteiger partial charge in [0.05, 0.1) is 11.5 Å². The maximum Gasteiger partial charge on any atom is 0.311 e. The van der Waals surface area contributed by atoms with Crippen molar-refractivity contribution in [3.05, 3.63) is 28.3 Å². The molecule has 1 aliphatic rings. The van der Waals surface area contributed by atoms with Crippen LogP contribution in [0.15, 0.2) is 23.1 Å². The smallest absolute Gasteiger partial charge is 0.311 e. The molecule has 1 aromatic carbocycles. The highest BCUT2D eigenvalue weighted by molar-refractivity contribution is 7.90. The summed E-state index contributed by atoms with van der Waals surface area (Å²) in [7, 11) is -3.66. The Morgan fingerprint density at radius 3 is 2.78 bits per heavy atom. The van der Waals surface area contributed by atoms with E-state index in [1.165, 1.54) is 6.07 Å². The number of anilines is 1. The van der Waals surface area contributed by atoms with Crippen LogP contribution in [-0.2, 0) is 14.6 Å². The van der Waals surface area contributed by atoms with Crippen molar-refractivity contribution in [2.45, 2.75) is 24.7 Å². The van der Waals surface area contributed by atoms with E-state index in [1.54, 1.807) is 12.1 Å². The average molecular weight is 342 g/mol. The van der Waals surface area contributed by atoms with Crippen LogP contribution in [0.25, 0.3) is 0 Å². The maximum atomic E-state index is 11.9. The highest BCUT2D eigenvalue weighted by Gasteiger charge is 2.31. The van der Waals surface area contributed by atoms with Gasteiger partial charge in [-0.15, -0.1) is 0 Å². The van der Waals surface area contributed by atoms with Crippen molar-refractivity contribution in [1.29, 1.82) is 0 Å². The van der Waals surface area contributed by atoms with Gasteiger partial charge in [0, 0.05) is 26.0 Å². The van der Waals surface area contributed by atoms with Crippen molar-refractivity contribution < 1.29 is 18.1 Å². The summed E-state index contributed by atoms with van der Waals surface area (Å²) in [5.74, 6) is 0.296. The minimum atomic E-state index is -3.66. The van der Waals surface area contributed by atoms with E-state index in [9.17, 15) is 18.5 Å². The Kier molecular flexibility index (Phi) is 5.59. The van der Waals surface area contributed by atoms with Crippen LogP contribution in [0.4, 0.5) is 11.4 Å². The fraction of sp³-hybridized carbons (Fsp3) is 0.600. The van der Waals surface area contributed by atoms with Crippen molar-refractivity contribution in [1.82, 2.24) is 0 Å². The molecule has 2 rings (SSSR count). The molecule has 1 aromatic rings. The van der Waals surface area contributed by atoms with Gasteiger partial charge in [-0.3, -0.25) is 10.1 Å². The Balaban J connectivity index is 2.37. The summed E-state index contributed by atoms with van der Waals surface area (Å²) in [6.07, 6.45) is 2.90. The highest BCUT2D eigenvalue weighted by Crippen LogP contribution is 2.36. The molecule has 1 heterocycles. The van der Waals surface area contributed by atoms with Crippen molar-refractivity contribution >= 4 is 21.2 Å². The van der Waals surface area contributed by atoms with Crippen LogP contribution in [0.3, 0.4) is 0 Å². The molecule has 1 atom stereocenters. The third-order valence-corrected chi connectivity index (χ3v) is 5.11. The quantitative estimate of drug-likeness (QED) is 0.582. The summed E-state index contributed by atoms with van der Waals surface area (Å²) in [6, 6.07) is 4.47. The maximum absolute atomic E-state index is 11.9. The largest absolute Gasteiger partial charge is 0.381 e. The lowest BCUT2D eigenvalue weighted by molar-refractivity contribution is -0.387. The zero-order valence-electron chi connectivity index (χ0n) is 13.4. The summed E-state index contributed by atoms with van der Waals surface area (Å²) >= 11 is 0. The predicted molar refractivity (Wildman–Crippen MR) is 87.6 cm³/mol. The Bertz CT molecular complexity index is 674. The third-order valence-electron chi connectivity index (χ3n) is 3.98. The SMILES string of the molecule is CCOCC1CCCN(c2cccc(S(C)(=O)=O)c2[N+](=O)[O-])C1. The van der Waals surface area contributed by atoms with Crippen LogP contribution in [0.1, 0.15) is 19.8 Å². The number of nitro benzene ring substituents is 1. The average Bonchev–Trinajstić information content (AvgIpc) is 2.51. The molecule has 1 aliphatic heterocycles. The van der Waals surface area contributed by atoms with E-state index >= 15 is 0 Å². The zero-order chi connectivity index (χ0) is 17.0. The van der Waals surface area contributed by atoms with Gasteiger partial charge < -0.3 is 9.64 Å². The van der Waals surface area contributed by atoms with Crippen LogP contribution < -0.4 is 4.90 Å². The van der Waals surface area contributed by atoms with Crippen molar-refractivity contribution in [3.8, 4) is 0 Å². The molecule has 0 spiro atoms. The van der Waals surface area contributed by atoms with Gasteiger partial charge in [-0.2, -0.15) is 0 Å². The molecule has 7 nitrogen and oxygen atoms in total. The van der Waals surface area contributed by atoms with Gasteiger partial charge in [0.2, 0.25) is 0 Å². The molecule has 0 aliphatic carbocycles. The number of hydrogen-bond donors (Lipinski definition) is 0. The van der Waals surface area contributed by atoms with E-state index in [-0.39, 0.29) is 10.6 Å². The van der Waals surface area contributed by atoms with E-state index in [0.29, 0.717) is 37.9 Å². The van der Waals surface area contributed by atoms with Gasteiger partial charge in [-0.1, -0.05) is 6.07 Å². The summed E-state index contributed by atoms with van der Waals surface area (Å²) in [5, 5.41) is 11.5. The Hall–Kier alpha value is -1.67. The molecule has 0 bridgehead atoms. The molecule has 0 aromatic heterocycles. The molecule has 1 fully saturated rings. The summed E-state index contributed by atoms with van der Waals surface area (Å²) < 4.78 is 29.2. The monoisotopic (exact) mass is 342 g/mol. The topological polar surface area (TPSA) is 89.8 Å². The molecule has 8 heteroatoms. The molecular formula is C15H22N2O5S. The second kappa shape index (κ2) is 7.27. The second-order valence-electron chi connectivity index (χ2n) is 5.77. The van der Waals surface area contributed by atoms with E-state index < -0.39 is 14.8 Å². The molecule has 0 N–H and O–H groups in total. The number of ether oxygens (including phenoxy) is 1. The van der Waals surface area contributed by atoms with Gasteiger partial charge in [0.1, 0.15) is 10.6 Å². The summed E-state index contributed by atoms with van der Waals surface area (Å²) in [5.41, 5.74) is 0.0474. The van der Waals surface area contributed by atoms with Crippen molar-refractivity contribution in [2.24, 2.45) is 5.92 Å². The van der Waals surface area contributed by atoms with Crippen LogP contribution in [0.2, 0.25) is 0 Å². The second-order valence-corrected chi connectivity index (χ2v) is 7.75. The molecule has 0 amide bonds. The van der Waals surface area contributed by atoms with Crippen molar-refractivity contribution in [2.75, 3.05) is 37.5 Å². The molecule has 0 saturated carbocycles. The molecule has 1 unspecified atom stereocenters. The first-order valence-corrected chi connectivity index (χ1v) is 9.54. The molecule has 1 saturated heterocycles. The molecule has 128 valence electrons. The lowest BCUT2D eigenvalue weighted by atomic mass is 9.98. The van der Waals surface area contributed by atoms with Crippen LogP contribution in [-0.4, -0.2) is 45.9 Å². The first-order valence-electron chi connectivity index (χ1n) is 7.64. The fourth-order valence-electron chi connectivity index (χ4n) is 2.95. The zero-order valence-corrected chi connectivity index (χ0v) is 14.2. The number of hydrogen-bond acceptors (Lipinski definition) is 6. The van der Waals surface area contributed by atoms with Gasteiger partial charge in [0.25, 0.3) is 0 Å². The lowest BCUT2D eigenvalue weighted by Crippen LogP contribution is -2.37. The van der Waals surface area contributed by atoms with Gasteiger partial charge in [-0.05, 0) is 37.8 Å². The van der Waals surface area contributed by atoms with E-state index in [0.717, 1.165) is 19.1 Å². The normalized spacial score (nSPS) is 18.9. The predicted octanol–water partition coefficient (Wildman–Crippen LogP) is 2.25. The van der Waals surface area contributed by atoms with Gasteiger partial charge in [-0.25, -0.2) is 8.42 Å². The minimum Gasteiger partial charge on any atom is -0.381 e. The number of rotatable bonds is 6. The first-order chi connectivity index (χ1) is 10.8. The number of piperidine rings is 1. The van der Waals surface area contributed by atoms with Crippen molar-refractivity contribution in [3.63, 3.8) is 0 Å². The van der Waals surface area contributed by atoms with Crippen LogP contribution in [0, 0.1) is 16.0 Å². The number of sulfone groups is 1. The first kappa shape index (κ1) is 17.7. The Morgan fingerprint density at radius 1 is 1.43 bits per heavy atom. The minimum absolute atomic E-state index is 0.230. The summed E-state index contributed by atoms with van der Waals surface area (Å²) in [6.45, 7) is 4.50. The number of nitrogens with zero attached hydrogens (tertiary/aromatic N) is 2. The molecule has 23 heavy (non-hydrogen) atoms. The number of nitro groups is 1. The number of para-hydroxylation sites is 1. The molecular weight excluding hydrogens is 320 g/mol. The Labute approximate surface area is 136 Å². The van der Waals surface area contributed by atoms with Gasteiger partial charge >= 0.3 is 5.69 Å². The standard InChI is InChI=1S/C15H22N2O5S/c1-3-22-11-12-6-5-9-16(10-12)13-7-4-8-14(23(2,20)21)15(13)17(18)19/h4,7-8,12H,3,5-6,9-11H2,1-2H3. The van der Waals surface area contributed by atoms with E-state index in [1.807, 2.05) is 11.8 Å². The van der Waals surface area contributed by atoms with Gasteiger partial charge in [0.15, 0.2) is 9.84 Å². The fourth-order valence-corrected chi connectivity index (χ4v) is 3.81. The third kappa shape index (κ3) is 4.20. The summed E-state index contributed by atoms with van der Waals surface area (Å²) in [4.78, 5) is 12.5. The number of benzene rings is 1. The van der Waals surface area contributed by atoms with E-state index in [4.69, 9.17) is 4.74 Å². The molecule has 0 radical (unpaired) electrons.